The maximum atomic E-state index is 13.0. The number of nitrogens with zero attached hydrogens (tertiary/aromatic N) is 2. The van der Waals surface area contributed by atoms with Crippen LogP contribution >= 0.6 is 11.8 Å². The molecule has 0 radical (unpaired) electrons. The minimum Gasteiger partial charge on any atom is -0.379 e. The lowest BCUT2D eigenvalue weighted by Gasteiger charge is -2.42. The number of aliphatic imine (C=N–C) groups is 1. The van der Waals surface area contributed by atoms with E-state index in [1.54, 1.807) is 11.8 Å². The van der Waals surface area contributed by atoms with Gasteiger partial charge in [-0.05, 0) is 54.5 Å². The van der Waals surface area contributed by atoms with Crippen LogP contribution in [0.5, 0.6) is 0 Å². The van der Waals surface area contributed by atoms with Crippen molar-refractivity contribution < 1.29 is 9.18 Å². The zero-order chi connectivity index (χ0) is 18.3. The first kappa shape index (κ1) is 17.2. The van der Waals surface area contributed by atoms with Crippen molar-refractivity contribution in [1.29, 1.82) is 0 Å². The van der Waals surface area contributed by atoms with Crippen molar-refractivity contribution in [2.24, 2.45) is 16.6 Å². The molecule has 4 nitrogen and oxygen atoms in total. The highest BCUT2D eigenvalue weighted by molar-refractivity contribution is 8.13. The summed E-state index contributed by atoms with van der Waals surface area (Å²) in [6, 6.07) is 8.88. The molecule has 2 atom stereocenters. The number of aryl methyl sites for hydroxylation is 1. The number of amidine groups is 1. The maximum absolute atomic E-state index is 13.0. The van der Waals surface area contributed by atoms with Crippen molar-refractivity contribution in [2.75, 3.05) is 5.75 Å². The van der Waals surface area contributed by atoms with E-state index >= 15 is 0 Å². The fraction of sp³-hybridized carbons (Fsp3) is 0.350. The summed E-state index contributed by atoms with van der Waals surface area (Å²) in [6.07, 6.45) is 3.44. The first-order chi connectivity index (χ1) is 12.5. The molecule has 2 heterocycles. The Kier molecular flexibility index (Phi) is 4.31. The van der Waals surface area contributed by atoms with E-state index in [1.165, 1.54) is 23.3 Å². The van der Waals surface area contributed by atoms with Gasteiger partial charge in [-0.25, -0.2) is 4.39 Å². The molecule has 1 aromatic carbocycles. The first-order valence-electron chi connectivity index (χ1n) is 8.71. The van der Waals surface area contributed by atoms with E-state index in [4.69, 9.17) is 10.7 Å². The van der Waals surface area contributed by atoms with Crippen LogP contribution in [0, 0.1) is 11.7 Å². The normalized spacial score (nSPS) is 24.4. The highest BCUT2D eigenvalue weighted by Gasteiger charge is 2.42. The first-order valence-corrected chi connectivity index (χ1v) is 9.69. The number of halogens is 1. The number of aromatic nitrogens is 1. The summed E-state index contributed by atoms with van der Waals surface area (Å²) in [7, 11) is 0. The van der Waals surface area contributed by atoms with Gasteiger partial charge < -0.3 is 5.73 Å². The van der Waals surface area contributed by atoms with Crippen molar-refractivity contribution in [3.05, 3.63) is 64.7 Å². The third-order valence-corrected chi connectivity index (χ3v) is 6.39. The number of ketones is 1. The summed E-state index contributed by atoms with van der Waals surface area (Å²) in [4.78, 5) is 21.1. The molecule has 0 fully saturated rings. The Labute approximate surface area is 156 Å². The number of rotatable bonds is 3. The van der Waals surface area contributed by atoms with E-state index in [2.05, 4.69) is 24.0 Å². The predicted molar refractivity (Wildman–Crippen MR) is 102 cm³/mol. The van der Waals surface area contributed by atoms with Crippen molar-refractivity contribution >= 4 is 22.7 Å². The van der Waals surface area contributed by atoms with Gasteiger partial charge >= 0.3 is 0 Å². The molecular formula is C20H20FN3OS. The predicted octanol–water partition coefficient (Wildman–Crippen LogP) is 3.49. The minimum atomic E-state index is -0.445. The van der Waals surface area contributed by atoms with Gasteiger partial charge in [0.25, 0.3) is 0 Å². The van der Waals surface area contributed by atoms with Gasteiger partial charge in [-0.15, -0.1) is 0 Å². The fourth-order valence-electron chi connectivity index (χ4n) is 3.91. The number of fused-ring (bicyclic) bond motifs is 3. The van der Waals surface area contributed by atoms with Crippen LogP contribution in [0.3, 0.4) is 0 Å². The molecule has 0 saturated heterocycles. The third kappa shape index (κ3) is 3.03. The van der Waals surface area contributed by atoms with Crippen LogP contribution in [-0.2, 0) is 18.4 Å². The van der Waals surface area contributed by atoms with Gasteiger partial charge in [-0.2, -0.15) is 0 Å². The average molecular weight is 369 g/mol. The molecule has 0 bridgehead atoms. The topological polar surface area (TPSA) is 68.3 Å². The Morgan fingerprint density at radius 1 is 1.38 bits per heavy atom. The molecule has 4 rings (SSSR count). The minimum absolute atomic E-state index is 0.121. The van der Waals surface area contributed by atoms with Crippen LogP contribution in [0.15, 0.2) is 41.5 Å². The van der Waals surface area contributed by atoms with Crippen molar-refractivity contribution in [1.82, 2.24) is 4.98 Å². The van der Waals surface area contributed by atoms with Gasteiger partial charge in [0.2, 0.25) is 0 Å². The number of nitrogens with two attached hydrogens (primary N) is 1. The quantitative estimate of drug-likeness (QED) is 0.841. The SMILES string of the molecule is C[C@]12N=C(N)SC[C@H]1CCc1ccc(CC(=O)c3ccc(F)cn3)cc12. The molecule has 1 aromatic heterocycles. The van der Waals surface area contributed by atoms with Crippen molar-refractivity contribution in [2.45, 2.75) is 31.7 Å². The van der Waals surface area contributed by atoms with Crippen LogP contribution in [-0.4, -0.2) is 21.7 Å². The molecule has 1 aliphatic heterocycles. The summed E-state index contributed by atoms with van der Waals surface area (Å²) in [5.41, 5.74) is 9.35. The van der Waals surface area contributed by atoms with E-state index in [9.17, 15) is 9.18 Å². The number of hydrogen-bond acceptors (Lipinski definition) is 5. The molecule has 26 heavy (non-hydrogen) atoms. The number of carbonyl (C=O) groups is 1. The molecular weight excluding hydrogens is 349 g/mol. The Bertz CT molecular complexity index is 896. The Hall–Kier alpha value is -2.21. The van der Waals surface area contributed by atoms with Gasteiger partial charge in [0, 0.05) is 12.2 Å². The summed E-state index contributed by atoms with van der Waals surface area (Å²) in [5.74, 6) is 0.870. The standard InChI is InChI=1S/C20H20FN3OS/c1-20-14(11-26-19(22)24-20)5-4-13-3-2-12(8-16(13)20)9-18(25)17-7-6-15(21)10-23-17/h2-3,6-8,10,14H,4-5,9,11H2,1H3,(H2,22,24)/t14-,20+/m1/s1. The molecule has 2 aromatic rings. The van der Waals surface area contributed by atoms with Gasteiger partial charge in [0.05, 0.1) is 11.7 Å². The maximum Gasteiger partial charge on any atom is 0.185 e. The smallest absolute Gasteiger partial charge is 0.185 e. The summed E-state index contributed by atoms with van der Waals surface area (Å²) in [5, 5.41) is 0.633. The lowest BCUT2D eigenvalue weighted by molar-refractivity contribution is 0.0988. The van der Waals surface area contributed by atoms with Crippen LogP contribution in [0.1, 0.15) is 40.5 Å². The number of benzene rings is 1. The molecule has 0 amide bonds. The van der Waals surface area contributed by atoms with E-state index in [0.29, 0.717) is 11.1 Å². The second-order valence-corrected chi connectivity index (χ2v) is 8.14. The lowest BCUT2D eigenvalue weighted by atomic mass is 9.70. The van der Waals surface area contributed by atoms with Crippen LogP contribution in [0.4, 0.5) is 4.39 Å². The zero-order valence-electron chi connectivity index (χ0n) is 14.5. The Morgan fingerprint density at radius 3 is 3.00 bits per heavy atom. The number of pyridine rings is 1. The molecule has 0 unspecified atom stereocenters. The molecule has 2 N–H and O–H groups in total. The van der Waals surface area contributed by atoms with E-state index < -0.39 is 5.82 Å². The van der Waals surface area contributed by atoms with E-state index in [1.807, 2.05) is 6.07 Å². The van der Waals surface area contributed by atoms with E-state index in [0.717, 1.165) is 30.4 Å². The van der Waals surface area contributed by atoms with Gasteiger partial charge in [-0.1, -0.05) is 30.0 Å². The van der Waals surface area contributed by atoms with Crippen LogP contribution in [0.25, 0.3) is 0 Å². The second kappa shape index (κ2) is 6.50. The van der Waals surface area contributed by atoms with Gasteiger partial charge in [-0.3, -0.25) is 14.8 Å². The highest BCUT2D eigenvalue weighted by atomic mass is 32.2. The van der Waals surface area contributed by atoms with Crippen LogP contribution < -0.4 is 5.73 Å². The second-order valence-electron chi connectivity index (χ2n) is 7.10. The summed E-state index contributed by atoms with van der Waals surface area (Å²) in [6.45, 7) is 2.15. The number of Topliss-reactive ketones (excluding diaryl/α,β-unsaturated/α-hetero) is 1. The van der Waals surface area contributed by atoms with Crippen molar-refractivity contribution in [3.8, 4) is 0 Å². The number of thioether (sulfide) groups is 1. The van der Waals surface area contributed by atoms with Crippen molar-refractivity contribution in [3.63, 3.8) is 0 Å². The fourth-order valence-corrected chi connectivity index (χ4v) is 5.03. The molecule has 0 saturated carbocycles. The summed E-state index contributed by atoms with van der Waals surface area (Å²) < 4.78 is 13.0. The number of carbonyl (C=O) groups excluding carboxylic acids is 1. The molecule has 1 aliphatic carbocycles. The van der Waals surface area contributed by atoms with Crippen LogP contribution in [0.2, 0.25) is 0 Å². The van der Waals surface area contributed by atoms with E-state index in [-0.39, 0.29) is 23.4 Å². The monoisotopic (exact) mass is 369 g/mol. The molecule has 6 heteroatoms. The Balaban J connectivity index is 1.65. The summed E-state index contributed by atoms with van der Waals surface area (Å²) >= 11 is 1.62. The van der Waals surface area contributed by atoms with Gasteiger partial charge in [0.15, 0.2) is 11.0 Å². The molecule has 0 spiro atoms. The average Bonchev–Trinajstić information content (AvgIpc) is 2.62. The lowest BCUT2D eigenvalue weighted by Crippen LogP contribution is -2.41. The Morgan fingerprint density at radius 2 is 2.23 bits per heavy atom. The highest BCUT2D eigenvalue weighted by Crippen LogP contribution is 2.46. The van der Waals surface area contributed by atoms with Gasteiger partial charge in [0.1, 0.15) is 11.5 Å². The largest absolute Gasteiger partial charge is 0.379 e. The molecule has 134 valence electrons. The zero-order valence-corrected chi connectivity index (χ0v) is 15.4. The third-order valence-electron chi connectivity index (χ3n) is 5.43. The molecule has 2 aliphatic rings. The number of hydrogen-bond donors (Lipinski definition) is 1.